The monoisotopic (exact) mass is 240 g/mol. The fraction of sp³-hybridized carbons (Fsp3) is 0.312. The van der Waals surface area contributed by atoms with E-state index in [2.05, 4.69) is 25.2 Å². The topological polar surface area (TPSA) is 26.3 Å². The Morgan fingerprint density at radius 1 is 1.28 bits per heavy atom. The summed E-state index contributed by atoms with van der Waals surface area (Å²) in [6.07, 6.45) is 7.91. The first kappa shape index (κ1) is 11.3. The molecule has 0 radical (unpaired) electrons. The number of ether oxygens (including phenoxy) is 1. The maximum atomic E-state index is 12.1. The number of hydrogen-bond donors (Lipinski definition) is 0. The highest BCUT2D eigenvalue weighted by Crippen LogP contribution is 2.32. The van der Waals surface area contributed by atoms with Crippen LogP contribution in [-0.4, -0.2) is 11.9 Å². The van der Waals surface area contributed by atoms with E-state index in [4.69, 9.17) is 4.74 Å². The van der Waals surface area contributed by atoms with E-state index in [0.29, 0.717) is 12.3 Å². The van der Waals surface area contributed by atoms with Crippen LogP contribution in [0.3, 0.4) is 0 Å². The molecule has 0 fully saturated rings. The van der Waals surface area contributed by atoms with Gasteiger partial charge in [-0.1, -0.05) is 35.9 Å². The summed E-state index contributed by atoms with van der Waals surface area (Å²) >= 11 is 0. The molecule has 1 aromatic carbocycles. The quantitative estimate of drug-likeness (QED) is 0.750. The number of carbonyl (C=O) groups excluding carboxylic acids is 1. The van der Waals surface area contributed by atoms with E-state index in [0.717, 1.165) is 17.7 Å². The molecule has 92 valence electrons. The number of carbonyl (C=O) groups is 1. The van der Waals surface area contributed by atoms with Crippen molar-refractivity contribution >= 4 is 5.78 Å². The van der Waals surface area contributed by atoms with Gasteiger partial charge < -0.3 is 4.74 Å². The minimum atomic E-state index is -0.0204. The summed E-state index contributed by atoms with van der Waals surface area (Å²) in [7, 11) is 0. The first-order chi connectivity index (χ1) is 8.74. The fourth-order valence-electron chi connectivity index (χ4n) is 2.56. The van der Waals surface area contributed by atoms with Gasteiger partial charge in [-0.05, 0) is 25.5 Å². The van der Waals surface area contributed by atoms with Crippen LogP contribution in [0.15, 0.2) is 48.1 Å². The molecule has 18 heavy (non-hydrogen) atoms. The van der Waals surface area contributed by atoms with Crippen LogP contribution in [0.1, 0.15) is 30.1 Å². The van der Waals surface area contributed by atoms with Crippen LogP contribution in [0.5, 0.6) is 5.75 Å². The Hall–Kier alpha value is -1.83. The lowest BCUT2D eigenvalue weighted by Crippen LogP contribution is -2.33. The molecule has 0 amide bonds. The van der Waals surface area contributed by atoms with Crippen molar-refractivity contribution in [3.8, 4) is 5.75 Å². The third-order valence-corrected chi connectivity index (χ3v) is 3.65. The van der Waals surface area contributed by atoms with Gasteiger partial charge >= 0.3 is 0 Å². The smallest absolute Gasteiger partial charge is 0.170 e. The van der Waals surface area contributed by atoms with Gasteiger partial charge in [-0.2, -0.15) is 0 Å². The van der Waals surface area contributed by atoms with Gasteiger partial charge in [-0.15, -0.1) is 0 Å². The molecule has 0 N–H and O–H groups in total. The third-order valence-electron chi connectivity index (χ3n) is 3.65. The van der Waals surface area contributed by atoms with Crippen molar-refractivity contribution < 1.29 is 9.53 Å². The molecule has 0 saturated carbocycles. The Balaban J connectivity index is 1.83. The van der Waals surface area contributed by atoms with Crippen molar-refractivity contribution in [3.05, 3.63) is 53.6 Å². The molecule has 1 aromatic rings. The van der Waals surface area contributed by atoms with E-state index in [1.54, 1.807) is 0 Å². The van der Waals surface area contributed by atoms with Gasteiger partial charge in [0.2, 0.25) is 0 Å². The molecular weight excluding hydrogens is 224 g/mol. The summed E-state index contributed by atoms with van der Waals surface area (Å²) in [6.45, 7) is 2.09. The highest BCUT2D eigenvalue weighted by Gasteiger charge is 2.30. The van der Waals surface area contributed by atoms with Crippen molar-refractivity contribution in [2.45, 2.75) is 25.9 Å². The predicted molar refractivity (Wildman–Crippen MR) is 70.8 cm³/mol. The van der Waals surface area contributed by atoms with Crippen LogP contribution in [0, 0.1) is 5.92 Å². The van der Waals surface area contributed by atoms with Gasteiger partial charge in [-0.25, -0.2) is 0 Å². The van der Waals surface area contributed by atoms with Crippen LogP contribution in [-0.2, 0) is 0 Å². The van der Waals surface area contributed by atoms with E-state index in [9.17, 15) is 4.79 Å². The highest BCUT2D eigenvalue weighted by molar-refractivity contribution is 5.99. The summed E-state index contributed by atoms with van der Waals surface area (Å²) in [5.74, 6) is 1.24. The summed E-state index contributed by atoms with van der Waals surface area (Å²) in [5, 5.41) is 0. The average Bonchev–Trinajstić information content (AvgIpc) is 2.39. The fourth-order valence-corrected chi connectivity index (χ4v) is 2.56. The van der Waals surface area contributed by atoms with E-state index in [1.807, 2.05) is 24.3 Å². The number of allylic oxidation sites excluding steroid dienone is 3. The summed E-state index contributed by atoms with van der Waals surface area (Å²) in [5.41, 5.74) is 2.01. The Kier molecular flexibility index (Phi) is 2.78. The number of para-hydroxylation sites is 1. The van der Waals surface area contributed by atoms with E-state index in [1.165, 1.54) is 5.57 Å². The zero-order valence-corrected chi connectivity index (χ0v) is 10.4. The zero-order valence-electron chi connectivity index (χ0n) is 10.4. The van der Waals surface area contributed by atoms with Crippen LogP contribution in [0.2, 0.25) is 0 Å². The average molecular weight is 240 g/mol. The van der Waals surface area contributed by atoms with Crippen molar-refractivity contribution in [1.29, 1.82) is 0 Å². The summed E-state index contributed by atoms with van der Waals surface area (Å²) in [6, 6.07) is 7.52. The van der Waals surface area contributed by atoms with Gasteiger partial charge in [0.25, 0.3) is 0 Å². The van der Waals surface area contributed by atoms with Crippen molar-refractivity contribution in [2.75, 3.05) is 0 Å². The van der Waals surface area contributed by atoms with Crippen LogP contribution in [0.25, 0.3) is 0 Å². The molecule has 1 heterocycles. The van der Waals surface area contributed by atoms with Gasteiger partial charge in [0, 0.05) is 12.3 Å². The number of ketones is 1. The lowest BCUT2D eigenvalue weighted by molar-refractivity contribution is 0.0783. The molecule has 2 nitrogen and oxygen atoms in total. The van der Waals surface area contributed by atoms with Crippen LogP contribution in [0.4, 0.5) is 0 Å². The molecule has 2 heteroatoms. The van der Waals surface area contributed by atoms with E-state index in [-0.39, 0.29) is 11.9 Å². The summed E-state index contributed by atoms with van der Waals surface area (Å²) < 4.78 is 5.98. The minimum Gasteiger partial charge on any atom is -0.489 e. The molecule has 0 saturated heterocycles. The minimum absolute atomic E-state index is 0.0204. The molecule has 3 rings (SSSR count). The van der Waals surface area contributed by atoms with Gasteiger partial charge in [0.15, 0.2) is 5.78 Å². The number of fused-ring (bicyclic) bond motifs is 1. The van der Waals surface area contributed by atoms with Gasteiger partial charge in [-0.3, -0.25) is 4.79 Å². The first-order valence-corrected chi connectivity index (χ1v) is 6.38. The number of benzene rings is 1. The normalized spacial score (nSPS) is 26.3. The number of hydrogen-bond acceptors (Lipinski definition) is 2. The molecule has 0 aromatic heterocycles. The molecule has 0 bridgehead atoms. The van der Waals surface area contributed by atoms with Gasteiger partial charge in [0.05, 0.1) is 5.56 Å². The second-order valence-corrected chi connectivity index (χ2v) is 4.99. The molecule has 2 aliphatic rings. The van der Waals surface area contributed by atoms with Crippen molar-refractivity contribution in [2.24, 2.45) is 5.92 Å². The Bertz CT molecular complexity index is 540. The Morgan fingerprint density at radius 3 is 2.89 bits per heavy atom. The second kappa shape index (κ2) is 4.45. The standard InChI is InChI=1S/C16H16O2/c1-11-6-8-12(9-7-11)16-10-14(17)13-4-2-3-5-15(13)18-16/h2-8,12,16H,9-10H2,1H3/t12?,16-/m1/s1. The third kappa shape index (κ3) is 1.99. The van der Waals surface area contributed by atoms with Crippen molar-refractivity contribution in [1.82, 2.24) is 0 Å². The first-order valence-electron chi connectivity index (χ1n) is 6.38. The lowest BCUT2D eigenvalue weighted by Gasteiger charge is -2.30. The predicted octanol–water partition coefficient (Wildman–Crippen LogP) is 3.54. The van der Waals surface area contributed by atoms with E-state index >= 15 is 0 Å². The van der Waals surface area contributed by atoms with Crippen LogP contribution < -0.4 is 4.74 Å². The van der Waals surface area contributed by atoms with Crippen LogP contribution >= 0.6 is 0 Å². The second-order valence-electron chi connectivity index (χ2n) is 4.99. The maximum Gasteiger partial charge on any atom is 0.170 e. The summed E-state index contributed by atoms with van der Waals surface area (Å²) in [4.78, 5) is 12.1. The number of Topliss-reactive ketones (excluding diaryl/α,β-unsaturated/α-hetero) is 1. The highest BCUT2D eigenvalue weighted by atomic mass is 16.5. The van der Waals surface area contributed by atoms with Gasteiger partial charge in [0.1, 0.15) is 11.9 Å². The largest absolute Gasteiger partial charge is 0.489 e. The molecule has 1 aliphatic heterocycles. The maximum absolute atomic E-state index is 12.1. The Labute approximate surface area is 107 Å². The number of rotatable bonds is 1. The lowest BCUT2D eigenvalue weighted by atomic mass is 9.87. The molecule has 1 aliphatic carbocycles. The Morgan fingerprint density at radius 2 is 2.11 bits per heavy atom. The molecule has 2 atom stereocenters. The van der Waals surface area contributed by atoms with Crippen molar-refractivity contribution in [3.63, 3.8) is 0 Å². The molecular formula is C16H16O2. The molecule has 0 spiro atoms. The molecule has 1 unspecified atom stereocenters. The SMILES string of the molecule is CC1=CCC([C@H]2CC(=O)c3ccccc3O2)C=C1. The zero-order chi connectivity index (χ0) is 12.5. The van der Waals surface area contributed by atoms with E-state index < -0.39 is 0 Å².